The lowest BCUT2D eigenvalue weighted by Crippen LogP contribution is -2.42. The number of piperidine rings is 1. The number of likely N-dealkylation sites (tertiary alicyclic amines) is 1. The van der Waals surface area contributed by atoms with E-state index in [1.165, 1.54) is 11.1 Å². The molecule has 2 aliphatic rings. The monoisotopic (exact) mass is 632 g/mol. The van der Waals surface area contributed by atoms with Crippen LogP contribution in [-0.4, -0.2) is 118 Å². The van der Waals surface area contributed by atoms with Gasteiger partial charge >= 0.3 is 17.9 Å². The van der Waals surface area contributed by atoms with Crippen LogP contribution in [0.2, 0.25) is 0 Å². The van der Waals surface area contributed by atoms with Gasteiger partial charge in [-0.25, -0.2) is 4.79 Å². The summed E-state index contributed by atoms with van der Waals surface area (Å²) in [5.74, 6) is -3.45. The molecule has 2 heterocycles. The minimum Gasteiger partial charge on any atom is -0.493 e. The van der Waals surface area contributed by atoms with E-state index >= 15 is 0 Å². The van der Waals surface area contributed by atoms with Gasteiger partial charge in [0.15, 0.2) is 17.1 Å². The van der Waals surface area contributed by atoms with E-state index in [1.807, 2.05) is 6.07 Å². The van der Waals surface area contributed by atoms with E-state index < -0.39 is 42.0 Å². The molecule has 45 heavy (non-hydrogen) atoms. The second kappa shape index (κ2) is 16.5. The molecule has 4 rings (SSSR count). The number of aliphatic hydroxyl groups is 2. The van der Waals surface area contributed by atoms with Gasteiger partial charge < -0.3 is 39.7 Å². The predicted molar refractivity (Wildman–Crippen MR) is 162 cm³/mol. The third-order valence-corrected chi connectivity index (χ3v) is 7.96. The number of ether oxygens (including phenoxy) is 3. The summed E-state index contributed by atoms with van der Waals surface area (Å²) >= 11 is 0. The van der Waals surface area contributed by atoms with Gasteiger partial charge in [0, 0.05) is 39.3 Å². The van der Waals surface area contributed by atoms with Crippen molar-refractivity contribution >= 4 is 17.9 Å². The van der Waals surface area contributed by atoms with Crippen LogP contribution < -0.4 is 9.47 Å². The molecule has 2 aliphatic heterocycles. The van der Waals surface area contributed by atoms with Crippen molar-refractivity contribution in [3.63, 3.8) is 0 Å². The molecule has 0 amide bonds. The Hall–Kier alpha value is -3.75. The van der Waals surface area contributed by atoms with Crippen LogP contribution >= 0.6 is 0 Å². The van der Waals surface area contributed by atoms with Gasteiger partial charge in [0.1, 0.15) is 6.61 Å². The van der Waals surface area contributed by atoms with Gasteiger partial charge in [0.25, 0.3) is 0 Å². The number of aryl methyl sites for hydroxylation is 1. The summed E-state index contributed by atoms with van der Waals surface area (Å²) in [7, 11) is 1.69. The van der Waals surface area contributed by atoms with Crippen molar-refractivity contribution in [2.75, 3.05) is 59.7 Å². The molecule has 13 heteroatoms. The third-order valence-electron chi connectivity index (χ3n) is 7.96. The quantitative estimate of drug-likeness (QED) is 0.216. The molecule has 0 atom stereocenters. The molecule has 2 aromatic carbocycles. The first-order valence-corrected chi connectivity index (χ1v) is 14.8. The van der Waals surface area contributed by atoms with Crippen LogP contribution in [0.4, 0.5) is 0 Å². The van der Waals surface area contributed by atoms with Crippen molar-refractivity contribution in [3.05, 3.63) is 59.2 Å². The molecular weight excluding hydrogens is 588 g/mol. The number of morpholine rings is 1. The molecule has 2 fully saturated rings. The summed E-state index contributed by atoms with van der Waals surface area (Å²) in [6.45, 7) is 9.72. The fourth-order valence-corrected chi connectivity index (χ4v) is 5.24. The van der Waals surface area contributed by atoms with Gasteiger partial charge in [-0.05, 0) is 43.0 Å². The highest BCUT2D eigenvalue weighted by atomic mass is 16.5. The average molecular weight is 633 g/mol. The first kappa shape index (κ1) is 35.7. The van der Waals surface area contributed by atoms with Gasteiger partial charge in [0.05, 0.1) is 38.8 Å². The molecule has 0 radical (unpaired) electrons. The molecule has 0 spiro atoms. The molecule has 13 nitrogen and oxygen atoms in total. The molecule has 5 N–H and O–H groups in total. The predicted octanol–water partition coefficient (Wildman–Crippen LogP) is 1.95. The van der Waals surface area contributed by atoms with Crippen LogP contribution in [-0.2, 0) is 31.3 Å². The van der Waals surface area contributed by atoms with E-state index in [0.717, 1.165) is 82.4 Å². The highest BCUT2D eigenvalue weighted by Crippen LogP contribution is 2.34. The number of rotatable bonds is 13. The van der Waals surface area contributed by atoms with E-state index in [2.05, 4.69) is 53.1 Å². The minimum atomic E-state index is -2.74. The number of nitrogens with zero attached hydrogens (tertiary/aromatic N) is 2. The number of carboxylic acid groups (broad SMARTS) is 3. The third kappa shape index (κ3) is 11.0. The van der Waals surface area contributed by atoms with Crippen molar-refractivity contribution in [1.82, 2.24) is 9.80 Å². The smallest absolute Gasteiger partial charge is 0.336 e. The number of carbonyl (C=O) groups is 3. The Balaban J connectivity index is 0.000000360. The van der Waals surface area contributed by atoms with Crippen molar-refractivity contribution in [2.24, 2.45) is 0 Å². The first-order valence-electron chi connectivity index (χ1n) is 14.8. The Morgan fingerprint density at radius 2 is 1.49 bits per heavy atom. The molecule has 0 saturated carbocycles. The van der Waals surface area contributed by atoms with E-state index in [1.54, 1.807) is 7.11 Å². The zero-order valence-corrected chi connectivity index (χ0v) is 25.8. The standard InChI is InChI=1S/C26H36N2O4.C6H8O7/c1-21-3-6-23(7-4-21)26(29)9-11-28(12-10-26)20-22-5-8-24(25(19-22)30-2)32-18-15-27-13-16-31-17-14-27;7-3(8)1-6(13,5(11)12)2-4(9)10/h3-8,19,29H,9-18,20H2,1-2H3;13H,1-2H2,(H,7,8)(H,9,10)(H,11,12). The highest BCUT2D eigenvalue weighted by molar-refractivity contribution is 5.88. The number of methoxy groups -OCH3 is 1. The fourth-order valence-electron chi connectivity index (χ4n) is 5.24. The maximum atomic E-state index is 11.1. The zero-order valence-electron chi connectivity index (χ0n) is 25.8. The second-order valence-electron chi connectivity index (χ2n) is 11.4. The van der Waals surface area contributed by atoms with Gasteiger partial charge in [-0.2, -0.15) is 0 Å². The van der Waals surface area contributed by atoms with Crippen LogP contribution in [0.5, 0.6) is 11.5 Å². The molecular formula is C32H44N2O11. The largest absolute Gasteiger partial charge is 0.493 e. The van der Waals surface area contributed by atoms with Crippen LogP contribution in [0.25, 0.3) is 0 Å². The molecule has 248 valence electrons. The Bertz CT molecular complexity index is 1250. The Kier molecular flexibility index (Phi) is 13.1. The summed E-state index contributed by atoms with van der Waals surface area (Å²) in [4.78, 5) is 35.2. The van der Waals surface area contributed by atoms with Gasteiger partial charge in [-0.15, -0.1) is 0 Å². The number of hydrogen-bond donors (Lipinski definition) is 5. The number of carboxylic acids is 3. The molecule has 2 saturated heterocycles. The number of hydrogen-bond acceptors (Lipinski definition) is 10. The van der Waals surface area contributed by atoms with E-state index in [4.69, 9.17) is 34.6 Å². The fraction of sp³-hybridized carbons (Fsp3) is 0.531. The van der Waals surface area contributed by atoms with Crippen molar-refractivity contribution in [1.29, 1.82) is 0 Å². The van der Waals surface area contributed by atoms with Crippen LogP contribution in [0.3, 0.4) is 0 Å². The highest BCUT2D eigenvalue weighted by Gasteiger charge is 2.40. The lowest BCUT2D eigenvalue weighted by molar-refractivity contribution is -0.170. The first-order chi connectivity index (χ1) is 21.3. The average Bonchev–Trinajstić information content (AvgIpc) is 2.99. The number of benzene rings is 2. The second-order valence-corrected chi connectivity index (χ2v) is 11.4. The maximum Gasteiger partial charge on any atom is 0.336 e. The SMILES string of the molecule is COc1cc(CN2CCC(O)(c3ccc(C)cc3)CC2)ccc1OCCN1CCOCC1.O=C(O)CC(O)(CC(=O)O)C(=O)O. The van der Waals surface area contributed by atoms with E-state index in [-0.39, 0.29) is 0 Å². The number of aliphatic carboxylic acids is 3. The van der Waals surface area contributed by atoms with E-state index in [9.17, 15) is 19.5 Å². The lowest BCUT2D eigenvalue weighted by Gasteiger charge is -2.38. The Morgan fingerprint density at radius 3 is 2.02 bits per heavy atom. The summed E-state index contributed by atoms with van der Waals surface area (Å²) in [5.41, 5.74) is -0.0130. The van der Waals surface area contributed by atoms with Crippen LogP contribution in [0.15, 0.2) is 42.5 Å². The van der Waals surface area contributed by atoms with Crippen LogP contribution in [0, 0.1) is 6.92 Å². The summed E-state index contributed by atoms with van der Waals surface area (Å²) < 4.78 is 17.0. The summed E-state index contributed by atoms with van der Waals surface area (Å²) in [6.07, 6.45) is -0.797. The molecule has 2 aromatic rings. The van der Waals surface area contributed by atoms with Crippen molar-refractivity contribution in [3.8, 4) is 11.5 Å². The summed E-state index contributed by atoms with van der Waals surface area (Å²) in [6, 6.07) is 14.5. The van der Waals surface area contributed by atoms with Crippen molar-refractivity contribution < 1.29 is 54.1 Å². The van der Waals surface area contributed by atoms with Gasteiger partial charge in [-0.1, -0.05) is 35.9 Å². The Labute approximate surface area is 262 Å². The molecule has 0 aliphatic carbocycles. The van der Waals surface area contributed by atoms with E-state index in [0.29, 0.717) is 6.61 Å². The zero-order chi connectivity index (χ0) is 33.0. The van der Waals surface area contributed by atoms with Gasteiger partial charge in [0.2, 0.25) is 0 Å². The minimum absolute atomic E-state index is 0.638. The topological polar surface area (TPSA) is 187 Å². The molecule has 0 bridgehead atoms. The van der Waals surface area contributed by atoms with Crippen LogP contribution in [0.1, 0.15) is 42.4 Å². The Morgan fingerprint density at radius 1 is 0.889 bits per heavy atom. The summed E-state index contributed by atoms with van der Waals surface area (Å²) in [5, 5.41) is 44.9. The molecule has 0 aromatic heterocycles. The molecule has 0 unspecified atom stereocenters. The van der Waals surface area contributed by atoms with Gasteiger partial charge in [-0.3, -0.25) is 19.4 Å². The lowest BCUT2D eigenvalue weighted by atomic mass is 9.84. The normalized spacial score (nSPS) is 17.1. The maximum absolute atomic E-state index is 11.1. The van der Waals surface area contributed by atoms with Crippen molar-refractivity contribution in [2.45, 2.75) is 50.4 Å².